The van der Waals surface area contributed by atoms with Crippen molar-refractivity contribution >= 4 is 51.5 Å². The Labute approximate surface area is 297 Å². The van der Waals surface area contributed by atoms with Crippen molar-refractivity contribution in [1.82, 2.24) is 29.7 Å². The van der Waals surface area contributed by atoms with Gasteiger partial charge >= 0.3 is 5.97 Å². The molecule has 10 nitrogen and oxygen atoms in total. The van der Waals surface area contributed by atoms with E-state index in [1.165, 1.54) is 23.3 Å². The van der Waals surface area contributed by atoms with Crippen LogP contribution >= 0.6 is 23.4 Å². The van der Waals surface area contributed by atoms with E-state index >= 15 is 0 Å². The van der Waals surface area contributed by atoms with Crippen LogP contribution in [0.5, 0.6) is 5.75 Å². The van der Waals surface area contributed by atoms with Gasteiger partial charge in [-0.3, -0.25) is 9.58 Å². The zero-order valence-electron chi connectivity index (χ0n) is 29.3. The Kier molecular flexibility index (Phi) is 9.62. The second-order valence-electron chi connectivity index (χ2n) is 13.2. The van der Waals surface area contributed by atoms with E-state index in [4.69, 9.17) is 26.2 Å². The number of carbonyl (C=O) groups excluding carboxylic acids is 1. The Morgan fingerprint density at radius 1 is 1.14 bits per heavy atom. The number of likely N-dealkylation sites (N-methyl/N-ethyl adjacent to an activating group) is 2. The van der Waals surface area contributed by atoms with Crippen molar-refractivity contribution in [3.63, 3.8) is 0 Å². The number of esters is 1. The molecule has 12 heteroatoms. The van der Waals surface area contributed by atoms with Crippen molar-refractivity contribution in [3.05, 3.63) is 74.8 Å². The average Bonchev–Trinajstić information content (AvgIpc) is 3.69. The molecule has 8 bridgehead atoms. The Balaban J connectivity index is 1.38. The van der Waals surface area contributed by atoms with E-state index in [-0.39, 0.29) is 12.0 Å². The third-order valence-electron chi connectivity index (χ3n) is 10.1. The molecule has 0 radical (unpaired) electrons. The number of hydrogen-bond acceptors (Lipinski definition) is 9. The zero-order chi connectivity index (χ0) is 34.4. The summed E-state index contributed by atoms with van der Waals surface area (Å²) in [5.74, 6) is 1.35. The molecule has 0 amide bonds. The minimum Gasteiger partial charge on any atom is -0.491 e. The first-order valence-corrected chi connectivity index (χ1v) is 18.6. The summed E-state index contributed by atoms with van der Waals surface area (Å²) in [6, 6.07) is 10.7. The van der Waals surface area contributed by atoms with Crippen LogP contribution in [-0.2, 0) is 44.0 Å². The Morgan fingerprint density at radius 3 is 2.78 bits per heavy atom. The number of hydrazine groups is 1. The molecule has 260 valence electrons. The Bertz CT molecular complexity index is 1950. The average molecular weight is 704 g/mol. The number of rotatable bonds is 2. The molecule has 0 aliphatic carbocycles. The summed E-state index contributed by atoms with van der Waals surface area (Å²) >= 11 is 8.96. The number of carbonyl (C=O) groups is 1. The van der Waals surface area contributed by atoms with E-state index in [9.17, 15) is 4.79 Å². The maximum Gasteiger partial charge on any atom is 0.354 e. The third kappa shape index (κ3) is 6.30. The van der Waals surface area contributed by atoms with E-state index in [0.29, 0.717) is 30.3 Å². The minimum atomic E-state index is -0.357. The SMILES string of the molecule is CCN1CC2=C(c3c(Cl)ccc4c(c(C(=O)OC)n(C)c34)CCCOc3cc(cc4c3NCCC4)SCc3cc(nn3C)C1)C(C)NN2C. The quantitative estimate of drug-likeness (QED) is 0.231. The first-order valence-electron chi connectivity index (χ1n) is 17.2. The summed E-state index contributed by atoms with van der Waals surface area (Å²) in [4.78, 5) is 17.0. The fourth-order valence-electron chi connectivity index (χ4n) is 7.71. The van der Waals surface area contributed by atoms with E-state index in [1.807, 2.05) is 47.2 Å². The van der Waals surface area contributed by atoms with Gasteiger partial charge in [0.1, 0.15) is 11.4 Å². The molecular weight excluding hydrogens is 658 g/mol. The highest BCUT2D eigenvalue weighted by molar-refractivity contribution is 7.98. The molecule has 2 aromatic carbocycles. The number of methoxy groups -OCH3 is 1. The standard InChI is InChI=1S/C37H46ClN7O3S/c1-7-45-19-24-17-25(43(4)41-24)21-49-26-16-23-10-8-14-39-34(23)31(18-26)48-15-9-11-27-28-12-13-29(38)33(32-22(2)40-44(5)30(32)20-45)35(28)42(3)36(27)37(46)47-6/h12-13,16-18,22,39-40H,7-11,14-15,19-21H2,1-6H3. The lowest BCUT2D eigenvalue weighted by Gasteiger charge is -2.25. The van der Waals surface area contributed by atoms with Gasteiger partial charge in [0, 0.05) is 79.3 Å². The van der Waals surface area contributed by atoms with Crippen LogP contribution in [0.2, 0.25) is 5.02 Å². The largest absolute Gasteiger partial charge is 0.491 e. The lowest BCUT2D eigenvalue weighted by atomic mass is 9.95. The molecule has 3 aliphatic rings. The van der Waals surface area contributed by atoms with Crippen molar-refractivity contribution in [2.75, 3.05) is 45.7 Å². The van der Waals surface area contributed by atoms with Crippen LogP contribution in [0.3, 0.4) is 0 Å². The highest BCUT2D eigenvalue weighted by Crippen LogP contribution is 2.42. The monoisotopic (exact) mass is 703 g/mol. The second-order valence-corrected chi connectivity index (χ2v) is 14.7. The Hall–Kier alpha value is -3.64. The molecule has 3 aliphatic heterocycles. The van der Waals surface area contributed by atoms with Gasteiger partial charge in [0.05, 0.1) is 41.7 Å². The highest BCUT2D eigenvalue weighted by atomic mass is 35.5. The predicted octanol–water partition coefficient (Wildman–Crippen LogP) is 6.40. The normalized spacial score (nSPS) is 18.9. The van der Waals surface area contributed by atoms with E-state index in [1.54, 1.807) is 0 Å². The molecule has 0 fully saturated rings. The first kappa shape index (κ1) is 33.8. The van der Waals surface area contributed by atoms with Crippen LogP contribution in [0.15, 0.2) is 40.9 Å². The summed E-state index contributed by atoms with van der Waals surface area (Å²) in [5, 5.41) is 12.3. The molecule has 1 unspecified atom stereocenters. The van der Waals surface area contributed by atoms with Crippen LogP contribution in [0.25, 0.3) is 16.5 Å². The second kappa shape index (κ2) is 13.9. The van der Waals surface area contributed by atoms with Gasteiger partial charge in [-0.2, -0.15) is 5.10 Å². The maximum absolute atomic E-state index is 13.4. The number of fused-ring (bicyclic) bond motifs is 7. The molecule has 7 rings (SSSR count). The molecule has 0 spiro atoms. The van der Waals surface area contributed by atoms with Crippen LogP contribution < -0.4 is 15.5 Å². The summed E-state index contributed by atoms with van der Waals surface area (Å²) in [6.07, 6.45) is 3.51. The lowest BCUT2D eigenvalue weighted by Crippen LogP contribution is -2.36. The van der Waals surface area contributed by atoms with Crippen molar-refractivity contribution in [1.29, 1.82) is 0 Å². The molecule has 4 aromatic rings. The van der Waals surface area contributed by atoms with Gasteiger partial charge in [0.25, 0.3) is 0 Å². The van der Waals surface area contributed by atoms with Gasteiger partial charge in [-0.05, 0) is 74.5 Å². The molecule has 0 saturated heterocycles. The number of anilines is 1. The van der Waals surface area contributed by atoms with Gasteiger partial charge in [0.15, 0.2) is 0 Å². The van der Waals surface area contributed by atoms with Crippen molar-refractivity contribution in [2.24, 2.45) is 14.1 Å². The first-order chi connectivity index (χ1) is 23.7. The van der Waals surface area contributed by atoms with Crippen molar-refractivity contribution in [3.8, 4) is 5.75 Å². The predicted molar refractivity (Wildman–Crippen MR) is 197 cm³/mol. The number of ether oxygens (including phenoxy) is 2. The molecule has 0 saturated carbocycles. The molecule has 1 atom stereocenters. The van der Waals surface area contributed by atoms with Gasteiger partial charge < -0.3 is 24.4 Å². The van der Waals surface area contributed by atoms with Crippen LogP contribution in [0.1, 0.15) is 65.3 Å². The van der Waals surface area contributed by atoms with E-state index in [0.717, 1.165) is 95.1 Å². The summed E-state index contributed by atoms with van der Waals surface area (Å²) in [6.45, 7) is 8.08. The van der Waals surface area contributed by atoms with Crippen LogP contribution in [0, 0.1) is 0 Å². The number of nitrogens with zero attached hydrogens (tertiary/aromatic N) is 5. The van der Waals surface area contributed by atoms with Gasteiger partial charge in [-0.15, -0.1) is 11.8 Å². The summed E-state index contributed by atoms with van der Waals surface area (Å²) < 4.78 is 15.9. The molecule has 2 aromatic heterocycles. The maximum atomic E-state index is 13.4. The summed E-state index contributed by atoms with van der Waals surface area (Å²) in [5.41, 5.74) is 13.9. The molecule has 2 N–H and O–H groups in total. The lowest BCUT2D eigenvalue weighted by molar-refractivity contribution is 0.0589. The van der Waals surface area contributed by atoms with E-state index in [2.05, 4.69) is 59.7 Å². The smallest absolute Gasteiger partial charge is 0.354 e. The van der Waals surface area contributed by atoms with E-state index < -0.39 is 0 Å². The fraction of sp³-hybridized carbons (Fsp3) is 0.459. The number of thioether (sulfide) groups is 1. The number of hydrogen-bond donors (Lipinski definition) is 2. The van der Waals surface area contributed by atoms with Crippen molar-refractivity contribution in [2.45, 2.75) is 62.8 Å². The van der Waals surface area contributed by atoms with Gasteiger partial charge in [-0.1, -0.05) is 24.6 Å². The number of aryl methyl sites for hydroxylation is 4. The summed E-state index contributed by atoms with van der Waals surface area (Å²) in [7, 11) is 7.49. The molecular formula is C37H46ClN7O3S. The number of benzene rings is 2. The van der Waals surface area contributed by atoms with Crippen LogP contribution in [-0.4, -0.2) is 76.7 Å². The third-order valence-corrected chi connectivity index (χ3v) is 11.4. The number of aromatic nitrogens is 3. The topological polar surface area (TPSA) is 88.8 Å². The van der Waals surface area contributed by atoms with Gasteiger partial charge in [-0.25, -0.2) is 10.2 Å². The number of halogens is 1. The molecule has 5 heterocycles. The molecule has 49 heavy (non-hydrogen) atoms. The zero-order valence-corrected chi connectivity index (χ0v) is 30.9. The minimum absolute atomic E-state index is 0.00440. The Morgan fingerprint density at radius 2 is 1.98 bits per heavy atom. The highest BCUT2D eigenvalue weighted by Gasteiger charge is 2.33. The number of nitrogens with one attached hydrogen (secondary N) is 2. The van der Waals surface area contributed by atoms with Crippen LogP contribution in [0.4, 0.5) is 5.69 Å². The van der Waals surface area contributed by atoms with Gasteiger partial charge in [0.2, 0.25) is 0 Å². The van der Waals surface area contributed by atoms with Crippen molar-refractivity contribution < 1.29 is 14.3 Å². The fourth-order valence-corrected chi connectivity index (χ4v) is 8.96.